The molecule has 8 heteroatoms. The molecule has 27 heavy (non-hydrogen) atoms. The number of amides is 2. The molecular formula is C19H20N2O6. The van der Waals surface area contributed by atoms with Gasteiger partial charge in [0.25, 0.3) is 5.91 Å². The van der Waals surface area contributed by atoms with Crippen LogP contribution in [-0.4, -0.2) is 45.2 Å². The molecule has 0 aliphatic rings. The van der Waals surface area contributed by atoms with Crippen molar-refractivity contribution in [1.29, 1.82) is 0 Å². The van der Waals surface area contributed by atoms with Gasteiger partial charge in [-0.3, -0.25) is 9.59 Å². The first-order valence-corrected chi connectivity index (χ1v) is 8.03. The summed E-state index contributed by atoms with van der Waals surface area (Å²) in [6.07, 6.45) is 0. The molecule has 0 saturated carbocycles. The van der Waals surface area contributed by atoms with E-state index >= 15 is 0 Å². The van der Waals surface area contributed by atoms with Crippen molar-refractivity contribution < 1.29 is 28.6 Å². The van der Waals surface area contributed by atoms with E-state index in [1.807, 2.05) is 0 Å². The Labute approximate surface area is 156 Å². The molecule has 2 amide bonds. The molecule has 2 rings (SSSR count). The van der Waals surface area contributed by atoms with Crippen LogP contribution in [0.2, 0.25) is 0 Å². The van der Waals surface area contributed by atoms with Crippen molar-refractivity contribution in [3.05, 3.63) is 54.1 Å². The van der Waals surface area contributed by atoms with Crippen LogP contribution in [0.25, 0.3) is 0 Å². The summed E-state index contributed by atoms with van der Waals surface area (Å²) >= 11 is 0. The van der Waals surface area contributed by atoms with Gasteiger partial charge in [0.15, 0.2) is 6.61 Å². The maximum absolute atomic E-state index is 12.0. The highest BCUT2D eigenvalue weighted by Gasteiger charge is 2.09. The number of methoxy groups -OCH3 is 2. The van der Waals surface area contributed by atoms with Gasteiger partial charge in [-0.15, -0.1) is 0 Å². The number of anilines is 1. The molecule has 0 bridgehead atoms. The molecule has 0 radical (unpaired) electrons. The zero-order chi connectivity index (χ0) is 19.6. The number of nitrogens with one attached hydrogen (secondary N) is 2. The van der Waals surface area contributed by atoms with Crippen LogP contribution in [0.3, 0.4) is 0 Å². The summed E-state index contributed by atoms with van der Waals surface area (Å²) in [5.41, 5.74) is 0.958. The van der Waals surface area contributed by atoms with E-state index in [0.717, 1.165) is 0 Å². The van der Waals surface area contributed by atoms with Crippen LogP contribution in [0, 0.1) is 0 Å². The topological polar surface area (TPSA) is 103 Å². The van der Waals surface area contributed by atoms with E-state index in [-0.39, 0.29) is 25.0 Å². The summed E-state index contributed by atoms with van der Waals surface area (Å²) in [5.74, 6) is -0.117. The Hall–Kier alpha value is -3.55. The highest BCUT2D eigenvalue weighted by molar-refractivity contribution is 5.99. The summed E-state index contributed by atoms with van der Waals surface area (Å²) in [5, 5.41) is 5.19. The van der Waals surface area contributed by atoms with Crippen LogP contribution in [0.4, 0.5) is 5.69 Å². The molecular weight excluding hydrogens is 352 g/mol. The van der Waals surface area contributed by atoms with Gasteiger partial charge < -0.3 is 24.8 Å². The second kappa shape index (κ2) is 9.81. The monoisotopic (exact) mass is 372 g/mol. The van der Waals surface area contributed by atoms with Gasteiger partial charge in [-0.1, -0.05) is 0 Å². The van der Waals surface area contributed by atoms with E-state index in [1.54, 1.807) is 48.5 Å². The predicted octanol–water partition coefficient (Wildman–Crippen LogP) is 1.62. The van der Waals surface area contributed by atoms with Crippen LogP contribution >= 0.6 is 0 Å². The Kier molecular flexibility index (Phi) is 7.18. The van der Waals surface area contributed by atoms with Crippen molar-refractivity contribution in [2.24, 2.45) is 0 Å². The van der Waals surface area contributed by atoms with Crippen molar-refractivity contribution in [1.82, 2.24) is 5.32 Å². The number of esters is 1. The standard InChI is InChI=1S/C19H20N2O6/c1-25-15-7-3-13(4-8-15)19(24)20-11-17(22)21-14-5-9-16(10-6-14)27-12-18(23)26-2/h3-10H,11-12H2,1-2H3,(H,20,24)(H,21,22). The fourth-order valence-corrected chi connectivity index (χ4v) is 2.05. The average Bonchev–Trinajstić information content (AvgIpc) is 2.71. The number of rotatable bonds is 8. The number of hydrogen-bond acceptors (Lipinski definition) is 6. The van der Waals surface area contributed by atoms with Gasteiger partial charge in [0.1, 0.15) is 11.5 Å². The van der Waals surface area contributed by atoms with Crippen molar-refractivity contribution >= 4 is 23.5 Å². The second-order valence-electron chi connectivity index (χ2n) is 5.35. The molecule has 0 unspecified atom stereocenters. The molecule has 2 aromatic rings. The third-order valence-electron chi connectivity index (χ3n) is 3.48. The smallest absolute Gasteiger partial charge is 0.343 e. The van der Waals surface area contributed by atoms with Gasteiger partial charge in [-0.05, 0) is 48.5 Å². The normalized spacial score (nSPS) is 9.85. The fourth-order valence-electron chi connectivity index (χ4n) is 2.05. The SMILES string of the molecule is COC(=O)COc1ccc(NC(=O)CNC(=O)c2ccc(OC)cc2)cc1. The van der Waals surface area contributed by atoms with Crippen LogP contribution in [-0.2, 0) is 14.3 Å². The molecule has 0 aliphatic carbocycles. The predicted molar refractivity (Wildman–Crippen MR) is 97.9 cm³/mol. The largest absolute Gasteiger partial charge is 0.497 e. The van der Waals surface area contributed by atoms with E-state index in [9.17, 15) is 14.4 Å². The Morgan fingerprint density at radius 2 is 1.52 bits per heavy atom. The van der Waals surface area contributed by atoms with E-state index in [4.69, 9.17) is 9.47 Å². The molecule has 0 atom stereocenters. The summed E-state index contributed by atoms with van der Waals surface area (Å²) in [4.78, 5) is 35.0. The first-order valence-electron chi connectivity index (χ1n) is 8.03. The lowest BCUT2D eigenvalue weighted by Crippen LogP contribution is -2.32. The molecule has 0 aromatic heterocycles. The van der Waals surface area contributed by atoms with Gasteiger partial charge in [-0.25, -0.2) is 4.79 Å². The molecule has 2 N–H and O–H groups in total. The van der Waals surface area contributed by atoms with Crippen LogP contribution < -0.4 is 20.1 Å². The van der Waals surface area contributed by atoms with Crippen LogP contribution in [0.1, 0.15) is 10.4 Å². The molecule has 0 heterocycles. The molecule has 0 fully saturated rings. The van der Waals surface area contributed by atoms with E-state index in [1.165, 1.54) is 14.2 Å². The summed E-state index contributed by atoms with van der Waals surface area (Å²) in [6, 6.07) is 13.0. The maximum atomic E-state index is 12.0. The lowest BCUT2D eigenvalue weighted by Gasteiger charge is -2.09. The lowest BCUT2D eigenvalue weighted by molar-refractivity contribution is -0.142. The van der Waals surface area contributed by atoms with Crippen LogP contribution in [0.15, 0.2) is 48.5 Å². The Morgan fingerprint density at radius 3 is 2.11 bits per heavy atom. The van der Waals surface area contributed by atoms with Crippen LogP contribution in [0.5, 0.6) is 11.5 Å². The third kappa shape index (κ3) is 6.35. The Balaban J connectivity index is 1.79. The number of carbonyl (C=O) groups is 3. The minimum Gasteiger partial charge on any atom is -0.497 e. The van der Waals surface area contributed by atoms with Crippen molar-refractivity contribution in [3.8, 4) is 11.5 Å². The minimum atomic E-state index is -0.486. The zero-order valence-electron chi connectivity index (χ0n) is 15.0. The molecule has 2 aromatic carbocycles. The quantitative estimate of drug-likeness (QED) is 0.683. The number of ether oxygens (including phenoxy) is 3. The minimum absolute atomic E-state index is 0.175. The molecule has 8 nitrogen and oxygen atoms in total. The number of hydrogen-bond donors (Lipinski definition) is 2. The Bertz CT molecular complexity index is 787. The second-order valence-corrected chi connectivity index (χ2v) is 5.35. The van der Waals surface area contributed by atoms with E-state index in [0.29, 0.717) is 22.7 Å². The summed E-state index contributed by atoms with van der Waals surface area (Å²) < 4.78 is 14.7. The highest BCUT2D eigenvalue weighted by Crippen LogP contribution is 2.15. The lowest BCUT2D eigenvalue weighted by atomic mass is 10.2. The number of carbonyl (C=O) groups excluding carboxylic acids is 3. The molecule has 142 valence electrons. The molecule has 0 saturated heterocycles. The van der Waals surface area contributed by atoms with Gasteiger partial charge in [-0.2, -0.15) is 0 Å². The average molecular weight is 372 g/mol. The fraction of sp³-hybridized carbons (Fsp3) is 0.211. The van der Waals surface area contributed by atoms with Gasteiger partial charge in [0.2, 0.25) is 5.91 Å². The molecule has 0 spiro atoms. The Morgan fingerprint density at radius 1 is 0.889 bits per heavy atom. The molecule has 0 aliphatic heterocycles. The zero-order valence-corrected chi connectivity index (χ0v) is 15.0. The van der Waals surface area contributed by atoms with E-state index in [2.05, 4.69) is 15.4 Å². The third-order valence-corrected chi connectivity index (χ3v) is 3.48. The van der Waals surface area contributed by atoms with Gasteiger partial charge >= 0.3 is 5.97 Å². The van der Waals surface area contributed by atoms with Crippen molar-refractivity contribution in [2.75, 3.05) is 32.7 Å². The summed E-state index contributed by atoms with van der Waals surface area (Å²) in [7, 11) is 2.81. The van der Waals surface area contributed by atoms with Crippen molar-refractivity contribution in [2.45, 2.75) is 0 Å². The first kappa shape index (κ1) is 19.8. The highest BCUT2D eigenvalue weighted by atomic mass is 16.6. The maximum Gasteiger partial charge on any atom is 0.343 e. The first-order chi connectivity index (χ1) is 13.0. The summed E-state index contributed by atoms with van der Waals surface area (Å²) in [6.45, 7) is -0.370. The van der Waals surface area contributed by atoms with Gasteiger partial charge in [0.05, 0.1) is 20.8 Å². The van der Waals surface area contributed by atoms with Crippen molar-refractivity contribution in [3.63, 3.8) is 0 Å². The van der Waals surface area contributed by atoms with Gasteiger partial charge in [0, 0.05) is 11.3 Å². The van der Waals surface area contributed by atoms with E-state index < -0.39 is 5.97 Å². The number of benzene rings is 2.